The normalized spacial score (nSPS) is 13.8. The third kappa shape index (κ3) is 7.45. The van der Waals surface area contributed by atoms with Crippen molar-refractivity contribution in [3.8, 4) is 0 Å². The third-order valence-electron chi connectivity index (χ3n) is 2.60. The van der Waals surface area contributed by atoms with E-state index in [0.717, 1.165) is 25.4 Å². The van der Waals surface area contributed by atoms with Gasteiger partial charge in [-0.15, -0.1) is 0 Å². The minimum atomic E-state index is -2.54. The van der Waals surface area contributed by atoms with E-state index in [9.17, 15) is 0 Å². The lowest BCUT2D eigenvalue weighted by Gasteiger charge is -2.31. The molecule has 1 unspecified atom stereocenters. The van der Waals surface area contributed by atoms with Gasteiger partial charge in [0.1, 0.15) is 0 Å². The molecule has 0 rings (SSSR count). The first-order chi connectivity index (χ1) is 8.64. The van der Waals surface area contributed by atoms with Crippen LogP contribution in [0.4, 0.5) is 0 Å². The molecule has 3 N–H and O–H groups in total. The summed E-state index contributed by atoms with van der Waals surface area (Å²) in [5, 5.41) is 3.13. The molecule has 0 aromatic rings. The van der Waals surface area contributed by atoms with Crippen molar-refractivity contribution in [2.75, 3.05) is 33.4 Å². The summed E-state index contributed by atoms with van der Waals surface area (Å²) in [6.45, 7) is 8.84. The number of rotatable bonds is 12. The fourth-order valence-corrected chi connectivity index (χ4v) is 4.66. The van der Waals surface area contributed by atoms with E-state index in [1.807, 2.05) is 20.9 Å². The molecule has 5 nitrogen and oxygen atoms in total. The Morgan fingerprint density at radius 2 is 1.83 bits per heavy atom. The van der Waals surface area contributed by atoms with Gasteiger partial charge in [-0.3, -0.25) is 0 Å². The van der Waals surface area contributed by atoms with Crippen LogP contribution in [0.2, 0.25) is 6.04 Å². The summed E-state index contributed by atoms with van der Waals surface area (Å²) in [5.41, 5.74) is 5.58. The predicted octanol–water partition coefficient (Wildman–Crippen LogP) is 1.36. The number of nitrogens with two attached hydrogens (primary N) is 1. The first kappa shape index (κ1) is 18.0. The first-order valence-electron chi connectivity index (χ1n) is 6.94. The van der Waals surface area contributed by atoms with Gasteiger partial charge in [0, 0.05) is 25.4 Å². The standard InChI is InChI=1S/C12H30N2O3Si/c1-5-15-18(16-6-2,11-7-9-13)17-12(3)8-10-14-4/h12,14H,5-11,13H2,1-4H3. The summed E-state index contributed by atoms with van der Waals surface area (Å²) in [6, 6.07) is 0.801. The van der Waals surface area contributed by atoms with Crippen LogP contribution in [0.5, 0.6) is 0 Å². The van der Waals surface area contributed by atoms with Crippen molar-refractivity contribution in [2.24, 2.45) is 5.73 Å². The van der Waals surface area contributed by atoms with E-state index < -0.39 is 8.80 Å². The summed E-state index contributed by atoms with van der Waals surface area (Å²) in [7, 11) is -0.596. The van der Waals surface area contributed by atoms with Gasteiger partial charge in [0.25, 0.3) is 0 Å². The van der Waals surface area contributed by atoms with Crippen LogP contribution in [0, 0.1) is 0 Å². The third-order valence-corrected chi connectivity index (χ3v) is 5.78. The first-order valence-corrected chi connectivity index (χ1v) is 8.87. The Kier molecular flexibility index (Phi) is 10.9. The molecular formula is C12H30N2O3Si. The highest BCUT2D eigenvalue weighted by Crippen LogP contribution is 2.20. The lowest BCUT2D eigenvalue weighted by atomic mass is 10.3. The lowest BCUT2D eigenvalue weighted by Crippen LogP contribution is -2.48. The molecule has 0 fully saturated rings. The highest BCUT2D eigenvalue weighted by Gasteiger charge is 2.41. The summed E-state index contributed by atoms with van der Waals surface area (Å²) in [4.78, 5) is 0. The van der Waals surface area contributed by atoms with Crippen molar-refractivity contribution < 1.29 is 13.3 Å². The van der Waals surface area contributed by atoms with Crippen LogP contribution in [0.1, 0.15) is 33.6 Å². The molecule has 0 aromatic carbocycles. The number of hydrogen-bond acceptors (Lipinski definition) is 5. The molecule has 0 bridgehead atoms. The van der Waals surface area contributed by atoms with Gasteiger partial charge in [-0.05, 0) is 53.8 Å². The van der Waals surface area contributed by atoms with Crippen LogP contribution in [0.3, 0.4) is 0 Å². The summed E-state index contributed by atoms with van der Waals surface area (Å²) >= 11 is 0. The summed E-state index contributed by atoms with van der Waals surface area (Å²) in [6.07, 6.45) is 1.97. The zero-order valence-electron chi connectivity index (χ0n) is 12.3. The SMILES string of the molecule is CCO[Si](CCCN)(OCC)OC(C)CCNC. The average molecular weight is 278 g/mol. The Labute approximate surface area is 113 Å². The molecule has 0 heterocycles. The van der Waals surface area contributed by atoms with E-state index in [1.165, 1.54) is 0 Å². The quantitative estimate of drug-likeness (QED) is 0.528. The van der Waals surface area contributed by atoms with Gasteiger partial charge in [0.15, 0.2) is 0 Å². The Morgan fingerprint density at radius 1 is 1.22 bits per heavy atom. The van der Waals surface area contributed by atoms with Crippen LogP contribution < -0.4 is 11.1 Å². The van der Waals surface area contributed by atoms with Gasteiger partial charge in [-0.1, -0.05) is 0 Å². The second-order valence-electron chi connectivity index (χ2n) is 4.26. The highest BCUT2D eigenvalue weighted by atomic mass is 28.4. The zero-order valence-corrected chi connectivity index (χ0v) is 13.3. The number of nitrogens with one attached hydrogen (secondary N) is 1. The van der Waals surface area contributed by atoms with Crippen LogP contribution in [-0.2, 0) is 13.3 Å². The maximum atomic E-state index is 6.12. The van der Waals surface area contributed by atoms with Crippen molar-refractivity contribution in [1.29, 1.82) is 0 Å². The maximum Gasteiger partial charge on any atom is 0.501 e. The lowest BCUT2D eigenvalue weighted by molar-refractivity contribution is 0.0356. The average Bonchev–Trinajstić information content (AvgIpc) is 2.34. The van der Waals surface area contributed by atoms with Crippen LogP contribution in [0.25, 0.3) is 0 Å². The highest BCUT2D eigenvalue weighted by molar-refractivity contribution is 6.60. The molecule has 1 atom stereocenters. The van der Waals surface area contributed by atoms with E-state index in [0.29, 0.717) is 19.8 Å². The minimum Gasteiger partial charge on any atom is -0.374 e. The monoisotopic (exact) mass is 278 g/mol. The van der Waals surface area contributed by atoms with Gasteiger partial charge in [0.2, 0.25) is 0 Å². The summed E-state index contributed by atoms with van der Waals surface area (Å²) in [5.74, 6) is 0. The maximum absolute atomic E-state index is 6.12. The van der Waals surface area contributed by atoms with Crippen molar-refractivity contribution in [2.45, 2.75) is 45.8 Å². The smallest absolute Gasteiger partial charge is 0.374 e. The van der Waals surface area contributed by atoms with Crippen LogP contribution in [0.15, 0.2) is 0 Å². The predicted molar refractivity (Wildman–Crippen MR) is 76.6 cm³/mol. The molecule has 0 saturated carbocycles. The Morgan fingerprint density at radius 3 is 2.28 bits per heavy atom. The molecule has 0 amide bonds. The topological polar surface area (TPSA) is 65.7 Å². The molecule has 0 aromatic heterocycles. The van der Waals surface area contributed by atoms with Crippen molar-refractivity contribution in [3.05, 3.63) is 0 Å². The van der Waals surface area contributed by atoms with Crippen LogP contribution in [-0.4, -0.2) is 48.3 Å². The van der Waals surface area contributed by atoms with Gasteiger partial charge in [-0.25, -0.2) is 0 Å². The molecule has 0 saturated heterocycles. The van der Waals surface area contributed by atoms with E-state index in [2.05, 4.69) is 12.2 Å². The Balaban J connectivity index is 4.47. The van der Waals surface area contributed by atoms with Crippen molar-refractivity contribution in [3.63, 3.8) is 0 Å². The molecule has 6 heteroatoms. The fraction of sp³-hybridized carbons (Fsp3) is 1.00. The van der Waals surface area contributed by atoms with Gasteiger partial charge in [-0.2, -0.15) is 0 Å². The molecule has 0 radical (unpaired) electrons. The second-order valence-corrected chi connectivity index (χ2v) is 6.94. The minimum absolute atomic E-state index is 0.139. The number of hydrogen-bond donors (Lipinski definition) is 2. The zero-order chi connectivity index (χ0) is 13.9. The fourth-order valence-electron chi connectivity index (χ4n) is 1.78. The van der Waals surface area contributed by atoms with Crippen molar-refractivity contribution >= 4 is 8.80 Å². The second kappa shape index (κ2) is 10.9. The van der Waals surface area contributed by atoms with E-state index in [1.54, 1.807) is 0 Å². The largest absolute Gasteiger partial charge is 0.501 e. The van der Waals surface area contributed by atoms with E-state index in [4.69, 9.17) is 19.0 Å². The molecule has 0 spiro atoms. The van der Waals surface area contributed by atoms with Gasteiger partial charge >= 0.3 is 8.80 Å². The molecule has 0 aliphatic rings. The molecule has 0 aliphatic carbocycles. The van der Waals surface area contributed by atoms with Crippen LogP contribution >= 0.6 is 0 Å². The van der Waals surface area contributed by atoms with E-state index >= 15 is 0 Å². The Hall–Kier alpha value is 0.0169. The van der Waals surface area contributed by atoms with Gasteiger partial charge in [0.05, 0.1) is 0 Å². The van der Waals surface area contributed by atoms with Gasteiger partial charge < -0.3 is 24.3 Å². The molecular weight excluding hydrogens is 248 g/mol. The molecule has 0 aliphatic heterocycles. The molecule has 110 valence electrons. The summed E-state index contributed by atoms with van der Waals surface area (Å²) < 4.78 is 17.8. The Bertz CT molecular complexity index is 190. The van der Waals surface area contributed by atoms with E-state index in [-0.39, 0.29) is 6.10 Å². The molecule has 18 heavy (non-hydrogen) atoms. The van der Waals surface area contributed by atoms with Crippen molar-refractivity contribution in [1.82, 2.24) is 5.32 Å².